The summed E-state index contributed by atoms with van der Waals surface area (Å²) in [6.07, 6.45) is 17.3. The number of rotatable bonds is 9. The van der Waals surface area contributed by atoms with Gasteiger partial charge in [0.2, 0.25) is 0 Å². The van der Waals surface area contributed by atoms with Gasteiger partial charge in [-0.05, 0) is 38.5 Å². The Labute approximate surface area is 151 Å². The molecule has 0 N–H and O–H groups in total. The molecule has 0 unspecified atom stereocenters. The molecule has 7 heteroatoms. The van der Waals surface area contributed by atoms with Crippen LogP contribution in [0.1, 0.15) is 96.3 Å². The van der Waals surface area contributed by atoms with E-state index in [4.69, 9.17) is 29.1 Å². The van der Waals surface area contributed by atoms with Gasteiger partial charge in [-0.25, -0.2) is 29.1 Å². The molecule has 0 spiro atoms. The van der Waals surface area contributed by atoms with Gasteiger partial charge in [0, 0.05) is 0 Å². The molecule has 0 atom stereocenters. The highest BCUT2D eigenvalue weighted by Crippen LogP contribution is 2.24. The predicted octanol–water partition coefficient (Wildman–Crippen LogP) is 4.81. The van der Waals surface area contributed by atoms with E-state index < -0.39 is 7.32 Å². The average molecular weight is 356 g/mol. The van der Waals surface area contributed by atoms with Crippen molar-refractivity contribution in [2.75, 3.05) is 0 Å². The minimum atomic E-state index is -1.09. The fourth-order valence-electron chi connectivity index (χ4n) is 3.90. The van der Waals surface area contributed by atoms with Gasteiger partial charge in [0.15, 0.2) is 0 Å². The molecule has 3 saturated carbocycles. The largest absolute Gasteiger partial charge is 0.725 e. The summed E-state index contributed by atoms with van der Waals surface area (Å²) in [7, 11) is -1.09. The maximum atomic E-state index is 5.51. The predicted molar refractivity (Wildman–Crippen MR) is 92.9 cm³/mol. The van der Waals surface area contributed by atoms with E-state index in [1.165, 1.54) is 57.8 Å². The van der Waals surface area contributed by atoms with E-state index in [2.05, 4.69) is 0 Å². The third kappa shape index (κ3) is 7.53. The molecule has 0 aliphatic heterocycles. The van der Waals surface area contributed by atoms with Crippen LogP contribution in [0.5, 0.6) is 0 Å². The van der Waals surface area contributed by atoms with E-state index >= 15 is 0 Å². The average Bonchev–Trinajstić information content (AvgIpc) is 2.70. The quantitative estimate of drug-likeness (QED) is 0.336. The van der Waals surface area contributed by atoms with Crippen molar-refractivity contribution in [2.45, 2.75) is 115 Å². The molecule has 3 fully saturated rings. The van der Waals surface area contributed by atoms with Crippen LogP contribution < -0.4 is 0 Å². The molecule has 0 aromatic heterocycles. The van der Waals surface area contributed by atoms with Crippen molar-refractivity contribution in [3.05, 3.63) is 0 Å². The zero-order chi connectivity index (χ0) is 17.2. The van der Waals surface area contributed by atoms with Crippen molar-refractivity contribution >= 4 is 7.32 Å². The molecule has 25 heavy (non-hydrogen) atoms. The molecule has 0 bridgehead atoms. The summed E-state index contributed by atoms with van der Waals surface area (Å²) < 4.78 is 0. The van der Waals surface area contributed by atoms with Crippen molar-refractivity contribution in [2.24, 2.45) is 0 Å². The first-order valence-corrected chi connectivity index (χ1v) is 10.4. The normalized spacial score (nSPS) is 24.5. The Hall–Kier alpha value is -0.175. The molecule has 0 aromatic carbocycles. The minimum Gasteiger partial charge on any atom is -0.244 e. The van der Waals surface area contributed by atoms with Crippen LogP contribution in [-0.4, -0.2) is 25.6 Å². The maximum absolute atomic E-state index is 5.51. The molecule has 0 amide bonds. The second-order valence-corrected chi connectivity index (χ2v) is 7.65. The molecular formula is C18H33BO6. The highest BCUT2D eigenvalue weighted by Gasteiger charge is 2.32. The first-order valence-electron chi connectivity index (χ1n) is 10.4. The number of hydrogen-bond donors (Lipinski definition) is 0. The van der Waals surface area contributed by atoms with E-state index in [9.17, 15) is 0 Å². The summed E-state index contributed by atoms with van der Waals surface area (Å²) in [6, 6.07) is 0. The summed E-state index contributed by atoms with van der Waals surface area (Å²) in [5.74, 6) is 0. The van der Waals surface area contributed by atoms with Gasteiger partial charge in [-0.15, -0.1) is 0 Å². The molecule has 0 aromatic rings. The van der Waals surface area contributed by atoms with Gasteiger partial charge in [-0.3, -0.25) is 0 Å². The SMILES string of the molecule is C1CCC(OOB(OOC2CCCCC2)OOC2CCCCC2)CC1. The third-order valence-corrected chi connectivity index (χ3v) is 5.47. The summed E-state index contributed by atoms with van der Waals surface area (Å²) in [4.78, 5) is 32.7. The number of hydrogen-bond acceptors (Lipinski definition) is 6. The first-order chi connectivity index (χ1) is 12.4. The smallest absolute Gasteiger partial charge is 0.244 e. The monoisotopic (exact) mass is 356 g/mol. The van der Waals surface area contributed by atoms with Crippen molar-refractivity contribution in [3.8, 4) is 0 Å². The van der Waals surface area contributed by atoms with Crippen molar-refractivity contribution in [1.29, 1.82) is 0 Å². The van der Waals surface area contributed by atoms with Crippen LogP contribution in [0.4, 0.5) is 0 Å². The van der Waals surface area contributed by atoms with Crippen LogP contribution >= 0.6 is 0 Å². The zero-order valence-electron chi connectivity index (χ0n) is 15.4. The summed E-state index contributed by atoms with van der Waals surface area (Å²) >= 11 is 0. The topological polar surface area (TPSA) is 55.4 Å². The van der Waals surface area contributed by atoms with Gasteiger partial charge < -0.3 is 0 Å². The van der Waals surface area contributed by atoms with Crippen molar-refractivity contribution in [1.82, 2.24) is 0 Å². The van der Waals surface area contributed by atoms with Crippen LogP contribution in [-0.2, 0) is 29.1 Å². The molecular weight excluding hydrogens is 323 g/mol. The molecule has 0 radical (unpaired) electrons. The van der Waals surface area contributed by atoms with Crippen LogP contribution in [0.3, 0.4) is 0 Å². The van der Waals surface area contributed by atoms with Gasteiger partial charge in [0.25, 0.3) is 0 Å². The fraction of sp³-hybridized carbons (Fsp3) is 1.00. The summed E-state index contributed by atoms with van der Waals surface area (Å²) in [5.41, 5.74) is 0. The van der Waals surface area contributed by atoms with E-state index in [0.717, 1.165) is 38.5 Å². The molecule has 6 nitrogen and oxygen atoms in total. The van der Waals surface area contributed by atoms with Gasteiger partial charge in [-0.2, -0.15) is 0 Å². The molecule has 0 saturated heterocycles. The van der Waals surface area contributed by atoms with Gasteiger partial charge in [0.1, 0.15) is 0 Å². The highest BCUT2D eigenvalue weighted by atomic mass is 17.3. The molecule has 3 rings (SSSR count). The fourth-order valence-corrected chi connectivity index (χ4v) is 3.90. The molecule has 3 aliphatic rings. The van der Waals surface area contributed by atoms with Crippen LogP contribution in [0, 0.1) is 0 Å². The Kier molecular flexibility index (Phi) is 9.02. The Morgan fingerprint density at radius 2 is 0.680 bits per heavy atom. The minimum absolute atomic E-state index is 0.104. The Balaban J connectivity index is 1.39. The third-order valence-electron chi connectivity index (χ3n) is 5.47. The van der Waals surface area contributed by atoms with Crippen molar-refractivity contribution in [3.63, 3.8) is 0 Å². The Morgan fingerprint density at radius 1 is 0.400 bits per heavy atom. The van der Waals surface area contributed by atoms with Crippen LogP contribution in [0.15, 0.2) is 0 Å². The molecule has 144 valence electrons. The Morgan fingerprint density at radius 3 is 0.960 bits per heavy atom. The summed E-state index contributed by atoms with van der Waals surface area (Å²) in [5, 5.41) is 0. The molecule has 3 aliphatic carbocycles. The van der Waals surface area contributed by atoms with Gasteiger partial charge in [-0.1, -0.05) is 57.8 Å². The van der Waals surface area contributed by atoms with Crippen LogP contribution in [0.25, 0.3) is 0 Å². The van der Waals surface area contributed by atoms with Crippen LogP contribution in [0.2, 0.25) is 0 Å². The lowest BCUT2D eigenvalue weighted by atomic mass is 9.98. The lowest BCUT2D eigenvalue weighted by Crippen LogP contribution is -2.34. The molecule has 0 heterocycles. The first kappa shape index (κ1) is 19.6. The van der Waals surface area contributed by atoms with E-state index in [1.54, 1.807) is 0 Å². The second-order valence-electron chi connectivity index (χ2n) is 7.65. The maximum Gasteiger partial charge on any atom is 0.725 e. The van der Waals surface area contributed by atoms with Gasteiger partial charge >= 0.3 is 7.32 Å². The van der Waals surface area contributed by atoms with E-state index in [-0.39, 0.29) is 18.3 Å². The Bertz CT molecular complexity index is 288. The van der Waals surface area contributed by atoms with Crippen molar-refractivity contribution < 1.29 is 29.1 Å². The standard InChI is InChI=1S/C18H33BO6/c1-4-10-16(11-5-1)20-23-19(24-21-17-12-6-2-7-13-17)25-22-18-14-8-3-9-15-18/h16-18H,1-15H2. The van der Waals surface area contributed by atoms with E-state index in [0.29, 0.717) is 0 Å². The van der Waals surface area contributed by atoms with E-state index in [1.807, 2.05) is 0 Å². The second kappa shape index (κ2) is 11.5. The zero-order valence-corrected chi connectivity index (χ0v) is 15.4. The highest BCUT2D eigenvalue weighted by molar-refractivity contribution is 6.35. The lowest BCUT2D eigenvalue weighted by molar-refractivity contribution is -0.378. The lowest BCUT2D eigenvalue weighted by Gasteiger charge is -2.25. The van der Waals surface area contributed by atoms with Gasteiger partial charge in [0.05, 0.1) is 18.3 Å². The summed E-state index contributed by atoms with van der Waals surface area (Å²) in [6.45, 7) is 0.